The van der Waals surface area contributed by atoms with E-state index in [9.17, 15) is 4.79 Å². The van der Waals surface area contributed by atoms with Gasteiger partial charge in [0.15, 0.2) is 0 Å². The number of anilines is 2. The fourth-order valence-electron chi connectivity index (χ4n) is 2.66. The molecule has 0 aliphatic carbocycles. The van der Waals surface area contributed by atoms with Crippen LogP contribution in [0.4, 0.5) is 11.4 Å². The molecule has 3 N–H and O–H groups in total. The van der Waals surface area contributed by atoms with Crippen molar-refractivity contribution in [3.63, 3.8) is 0 Å². The van der Waals surface area contributed by atoms with Gasteiger partial charge in [-0.3, -0.25) is 4.79 Å². The summed E-state index contributed by atoms with van der Waals surface area (Å²) in [5.41, 5.74) is 8.08. The van der Waals surface area contributed by atoms with E-state index in [1.165, 1.54) is 4.88 Å². The van der Waals surface area contributed by atoms with Gasteiger partial charge in [-0.05, 0) is 30.5 Å². The molecular weight excluding hydrogens is 270 g/mol. The molecule has 104 valence electrons. The first-order valence-electron chi connectivity index (χ1n) is 6.61. The molecule has 2 aromatic rings. The van der Waals surface area contributed by atoms with Crippen molar-refractivity contribution < 1.29 is 4.79 Å². The first-order chi connectivity index (χ1) is 9.66. The lowest BCUT2D eigenvalue weighted by atomic mass is 10.0. The molecule has 1 aliphatic heterocycles. The fourth-order valence-corrected chi connectivity index (χ4v) is 3.62. The number of carbonyl (C=O) groups is 1. The predicted molar refractivity (Wildman–Crippen MR) is 83.1 cm³/mol. The highest BCUT2D eigenvalue weighted by molar-refractivity contribution is 7.10. The number of amides is 1. The topological polar surface area (TPSA) is 58.4 Å². The van der Waals surface area contributed by atoms with Crippen molar-refractivity contribution in [2.75, 3.05) is 16.8 Å². The van der Waals surface area contributed by atoms with Crippen LogP contribution in [0.3, 0.4) is 0 Å². The second kappa shape index (κ2) is 5.26. The van der Waals surface area contributed by atoms with E-state index in [0.717, 1.165) is 11.4 Å². The van der Waals surface area contributed by atoms with Gasteiger partial charge in [-0.2, -0.15) is 0 Å². The third-order valence-corrected chi connectivity index (χ3v) is 4.41. The van der Waals surface area contributed by atoms with Crippen LogP contribution in [0, 0.1) is 0 Å². The molecule has 20 heavy (non-hydrogen) atoms. The molecule has 0 fully saturated rings. The van der Waals surface area contributed by atoms with Crippen LogP contribution >= 0.6 is 11.3 Å². The zero-order valence-corrected chi connectivity index (χ0v) is 12.1. The number of rotatable bonds is 3. The van der Waals surface area contributed by atoms with E-state index in [1.54, 1.807) is 11.3 Å². The van der Waals surface area contributed by atoms with Crippen LogP contribution in [-0.2, 0) is 4.79 Å². The van der Waals surface area contributed by atoms with E-state index in [4.69, 9.17) is 5.73 Å². The van der Waals surface area contributed by atoms with Crippen LogP contribution in [0.15, 0.2) is 41.8 Å². The first kappa shape index (κ1) is 13.1. The van der Waals surface area contributed by atoms with Gasteiger partial charge in [0, 0.05) is 10.9 Å². The van der Waals surface area contributed by atoms with Crippen LogP contribution in [0.25, 0.3) is 0 Å². The summed E-state index contributed by atoms with van der Waals surface area (Å²) in [7, 11) is 0. The lowest BCUT2D eigenvalue weighted by Gasteiger charge is -2.38. The Morgan fingerprint density at radius 2 is 2.10 bits per heavy atom. The number of para-hydroxylation sites is 2. The maximum absolute atomic E-state index is 11.9. The second-order valence-corrected chi connectivity index (χ2v) is 5.99. The van der Waals surface area contributed by atoms with E-state index in [-0.39, 0.29) is 18.0 Å². The molecule has 0 saturated carbocycles. The molecule has 2 heterocycles. The minimum atomic E-state index is -0.0624. The highest BCUT2D eigenvalue weighted by atomic mass is 32.1. The third kappa shape index (κ3) is 2.30. The summed E-state index contributed by atoms with van der Waals surface area (Å²) in [6.07, 6.45) is 0. The van der Waals surface area contributed by atoms with Gasteiger partial charge in [0.2, 0.25) is 5.91 Å². The summed E-state index contributed by atoms with van der Waals surface area (Å²) < 4.78 is 0. The normalized spacial score (nSPS) is 17.3. The maximum Gasteiger partial charge on any atom is 0.243 e. The van der Waals surface area contributed by atoms with Crippen molar-refractivity contribution in [3.05, 3.63) is 46.7 Å². The molecular formula is C15H17N3OS. The summed E-state index contributed by atoms with van der Waals surface area (Å²) in [5, 5.41) is 4.95. The quantitative estimate of drug-likeness (QED) is 0.912. The highest BCUT2D eigenvalue weighted by Gasteiger charge is 2.31. The minimum Gasteiger partial charge on any atom is -0.351 e. The summed E-state index contributed by atoms with van der Waals surface area (Å²) in [6.45, 7) is 2.32. The summed E-state index contributed by atoms with van der Waals surface area (Å²) in [6, 6.07) is 11.9. The number of benzene rings is 1. The smallest absolute Gasteiger partial charge is 0.243 e. The van der Waals surface area contributed by atoms with E-state index in [2.05, 4.69) is 16.3 Å². The Labute approximate surface area is 122 Å². The van der Waals surface area contributed by atoms with Gasteiger partial charge in [0.25, 0.3) is 0 Å². The Kier molecular flexibility index (Phi) is 3.46. The molecule has 1 aromatic carbocycles. The number of fused-ring (bicyclic) bond motifs is 1. The monoisotopic (exact) mass is 287 g/mol. The fraction of sp³-hybridized carbons (Fsp3) is 0.267. The third-order valence-electron chi connectivity index (χ3n) is 3.47. The van der Waals surface area contributed by atoms with Crippen molar-refractivity contribution in [1.82, 2.24) is 0 Å². The van der Waals surface area contributed by atoms with Gasteiger partial charge in [0.05, 0.1) is 24.0 Å². The van der Waals surface area contributed by atoms with Crippen LogP contribution in [0.2, 0.25) is 0 Å². The molecule has 1 aromatic heterocycles. The molecule has 1 aliphatic rings. The lowest BCUT2D eigenvalue weighted by Crippen LogP contribution is -2.46. The average molecular weight is 287 g/mol. The number of thiophene rings is 1. The van der Waals surface area contributed by atoms with E-state index >= 15 is 0 Å². The van der Waals surface area contributed by atoms with Crippen molar-refractivity contribution in [3.8, 4) is 0 Å². The number of nitrogens with zero attached hydrogens (tertiary/aromatic N) is 1. The second-order valence-electron chi connectivity index (χ2n) is 5.01. The van der Waals surface area contributed by atoms with Crippen molar-refractivity contribution >= 4 is 28.6 Å². The molecule has 0 spiro atoms. The molecule has 0 radical (unpaired) electrons. The Morgan fingerprint density at radius 3 is 2.80 bits per heavy atom. The lowest BCUT2D eigenvalue weighted by molar-refractivity contribution is -0.115. The summed E-state index contributed by atoms with van der Waals surface area (Å²) in [4.78, 5) is 15.2. The molecule has 3 rings (SSSR count). The molecule has 0 saturated heterocycles. The Morgan fingerprint density at radius 1 is 1.30 bits per heavy atom. The molecule has 1 amide bonds. The largest absolute Gasteiger partial charge is 0.351 e. The standard InChI is InChI=1S/C15H17N3OS/c1-10(16)15(13-7-4-8-20-13)18-9-14(19)17-11-5-2-3-6-12(11)18/h2-8,10,15H,9,16H2,1H3,(H,17,19). The molecule has 2 unspecified atom stereocenters. The Hall–Kier alpha value is -1.85. The first-order valence-corrected chi connectivity index (χ1v) is 7.49. The Balaban J connectivity index is 2.06. The molecule has 2 atom stereocenters. The summed E-state index contributed by atoms with van der Waals surface area (Å²) in [5.74, 6) is 0.00547. The van der Waals surface area contributed by atoms with E-state index < -0.39 is 0 Å². The van der Waals surface area contributed by atoms with Crippen molar-refractivity contribution in [2.24, 2.45) is 5.73 Å². The van der Waals surface area contributed by atoms with Crippen LogP contribution in [-0.4, -0.2) is 18.5 Å². The zero-order chi connectivity index (χ0) is 14.1. The number of hydrogen-bond acceptors (Lipinski definition) is 4. The van der Waals surface area contributed by atoms with Crippen molar-refractivity contribution in [2.45, 2.75) is 19.0 Å². The van der Waals surface area contributed by atoms with Gasteiger partial charge in [-0.15, -0.1) is 11.3 Å². The van der Waals surface area contributed by atoms with Gasteiger partial charge in [0.1, 0.15) is 0 Å². The van der Waals surface area contributed by atoms with Gasteiger partial charge < -0.3 is 16.0 Å². The molecule has 0 bridgehead atoms. The molecule has 5 heteroatoms. The van der Waals surface area contributed by atoms with Crippen molar-refractivity contribution in [1.29, 1.82) is 0 Å². The van der Waals surface area contributed by atoms with E-state index in [1.807, 2.05) is 42.6 Å². The maximum atomic E-state index is 11.9. The average Bonchev–Trinajstić information content (AvgIpc) is 2.92. The van der Waals surface area contributed by atoms with Crippen LogP contribution in [0.5, 0.6) is 0 Å². The van der Waals surface area contributed by atoms with Crippen LogP contribution < -0.4 is 16.0 Å². The minimum absolute atomic E-state index is 0.00547. The number of nitrogens with one attached hydrogen (secondary N) is 1. The Bertz CT molecular complexity index is 609. The SMILES string of the molecule is CC(N)C(c1cccs1)N1CC(=O)Nc2ccccc21. The van der Waals surface area contributed by atoms with Gasteiger partial charge >= 0.3 is 0 Å². The highest BCUT2D eigenvalue weighted by Crippen LogP contribution is 2.37. The van der Waals surface area contributed by atoms with E-state index in [0.29, 0.717) is 6.54 Å². The van der Waals surface area contributed by atoms with Gasteiger partial charge in [-0.1, -0.05) is 18.2 Å². The molecule has 4 nitrogen and oxygen atoms in total. The predicted octanol–water partition coefficient (Wildman–Crippen LogP) is 2.60. The van der Waals surface area contributed by atoms with Crippen LogP contribution in [0.1, 0.15) is 17.8 Å². The summed E-state index contributed by atoms with van der Waals surface area (Å²) >= 11 is 1.68. The zero-order valence-electron chi connectivity index (χ0n) is 11.2. The number of nitrogens with two attached hydrogens (primary N) is 1. The number of hydrogen-bond donors (Lipinski definition) is 2. The number of carbonyl (C=O) groups excluding carboxylic acids is 1. The van der Waals surface area contributed by atoms with Gasteiger partial charge in [-0.25, -0.2) is 0 Å².